The predicted molar refractivity (Wildman–Crippen MR) is 113 cm³/mol. The molecule has 1 N–H and O–H groups in total. The highest BCUT2D eigenvalue weighted by Crippen LogP contribution is 2.22. The molecule has 0 spiro atoms. The van der Waals surface area contributed by atoms with E-state index in [1.165, 1.54) is 23.1 Å². The van der Waals surface area contributed by atoms with E-state index in [0.29, 0.717) is 21.9 Å². The molecule has 3 aromatic rings. The topological polar surface area (TPSA) is 64.0 Å². The average molecular weight is 400 g/mol. The summed E-state index contributed by atoms with van der Waals surface area (Å²) in [5.41, 5.74) is 2.81. The van der Waals surface area contributed by atoms with Crippen molar-refractivity contribution in [3.8, 4) is 0 Å². The summed E-state index contributed by atoms with van der Waals surface area (Å²) in [5, 5.41) is 5.39. The van der Waals surface area contributed by atoms with Crippen molar-refractivity contribution in [1.29, 1.82) is 0 Å². The Morgan fingerprint density at radius 1 is 1.41 bits per heavy atom. The second kappa shape index (κ2) is 8.54. The SMILES string of the molecule is C=CCn1c(SCC(=O)N[C@H](C)c2ccccc2C)nc2ccsc2c1=O. The van der Waals surface area contributed by atoms with Gasteiger partial charge in [-0.1, -0.05) is 42.1 Å². The minimum Gasteiger partial charge on any atom is -0.349 e. The first-order valence-electron chi connectivity index (χ1n) is 8.58. The minimum atomic E-state index is -0.0967. The molecule has 5 nitrogen and oxygen atoms in total. The zero-order chi connectivity index (χ0) is 19.4. The lowest BCUT2D eigenvalue weighted by atomic mass is 10.0. The van der Waals surface area contributed by atoms with E-state index in [2.05, 4.69) is 16.9 Å². The van der Waals surface area contributed by atoms with Gasteiger partial charge in [0.2, 0.25) is 5.91 Å². The van der Waals surface area contributed by atoms with Crippen LogP contribution in [0.1, 0.15) is 24.1 Å². The van der Waals surface area contributed by atoms with Crippen LogP contribution < -0.4 is 10.9 Å². The summed E-state index contributed by atoms with van der Waals surface area (Å²) >= 11 is 2.64. The molecule has 0 saturated heterocycles. The quantitative estimate of drug-likeness (QED) is 0.372. The first-order chi connectivity index (χ1) is 13.0. The molecule has 0 fully saturated rings. The van der Waals surface area contributed by atoms with E-state index in [-0.39, 0.29) is 23.3 Å². The van der Waals surface area contributed by atoms with Crippen molar-refractivity contribution >= 4 is 39.2 Å². The number of nitrogens with zero attached hydrogens (tertiary/aromatic N) is 2. The lowest BCUT2D eigenvalue weighted by Gasteiger charge is -2.16. The van der Waals surface area contributed by atoms with Gasteiger partial charge < -0.3 is 5.32 Å². The maximum absolute atomic E-state index is 12.6. The molecule has 0 radical (unpaired) electrons. The standard InChI is InChI=1S/C20H21N3O2S2/c1-4-10-23-19(25)18-16(9-11-26-18)22-20(23)27-12-17(24)21-14(3)15-8-6-5-7-13(15)2/h4-9,11,14H,1,10,12H2,2-3H3,(H,21,24)/t14-/m1/s1. The lowest BCUT2D eigenvalue weighted by Crippen LogP contribution is -2.29. The summed E-state index contributed by atoms with van der Waals surface area (Å²) in [4.78, 5) is 29.6. The van der Waals surface area contributed by atoms with Crippen LogP contribution in [-0.2, 0) is 11.3 Å². The van der Waals surface area contributed by atoms with E-state index in [9.17, 15) is 9.59 Å². The molecule has 27 heavy (non-hydrogen) atoms. The van der Waals surface area contributed by atoms with Crippen molar-refractivity contribution in [3.63, 3.8) is 0 Å². The Bertz CT molecular complexity index is 1040. The Labute approximate surface area is 166 Å². The van der Waals surface area contributed by atoms with E-state index < -0.39 is 0 Å². The molecule has 0 aliphatic carbocycles. The van der Waals surface area contributed by atoms with Crippen LogP contribution in [0.25, 0.3) is 10.2 Å². The zero-order valence-electron chi connectivity index (χ0n) is 15.3. The first kappa shape index (κ1) is 19.4. The lowest BCUT2D eigenvalue weighted by molar-refractivity contribution is -0.119. The third kappa shape index (κ3) is 4.31. The molecule has 1 aromatic carbocycles. The molecule has 0 saturated carbocycles. The number of hydrogen-bond acceptors (Lipinski definition) is 5. The number of rotatable bonds is 7. The van der Waals surface area contributed by atoms with Gasteiger partial charge in [-0.2, -0.15) is 0 Å². The molecule has 140 valence electrons. The third-order valence-electron chi connectivity index (χ3n) is 4.21. The minimum absolute atomic E-state index is 0.0815. The fourth-order valence-electron chi connectivity index (χ4n) is 2.89. The van der Waals surface area contributed by atoms with Crippen molar-refractivity contribution in [1.82, 2.24) is 14.9 Å². The maximum Gasteiger partial charge on any atom is 0.272 e. The maximum atomic E-state index is 12.6. The molecular weight excluding hydrogens is 378 g/mol. The van der Waals surface area contributed by atoms with E-state index in [4.69, 9.17) is 0 Å². The third-order valence-corrected chi connectivity index (χ3v) is 6.08. The van der Waals surface area contributed by atoms with Gasteiger partial charge in [0.25, 0.3) is 5.56 Å². The van der Waals surface area contributed by atoms with Crippen molar-refractivity contribution in [2.45, 2.75) is 31.6 Å². The summed E-state index contributed by atoms with van der Waals surface area (Å²) in [5.74, 6) is 0.0932. The highest BCUT2D eigenvalue weighted by molar-refractivity contribution is 7.99. The number of hydrogen-bond donors (Lipinski definition) is 1. The van der Waals surface area contributed by atoms with Crippen LogP contribution >= 0.6 is 23.1 Å². The molecule has 2 heterocycles. The van der Waals surface area contributed by atoms with Gasteiger partial charge >= 0.3 is 0 Å². The number of carbonyl (C=O) groups is 1. The van der Waals surface area contributed by atoms with E-state index >= 15 is 0 Å². The van der Waals surface area contributed by atoms with Crippen LogP contribution in [0, 0.1) is 6.92 Å². The summed E-state index contributed by atoms with van der Waals surface area (Å²) in [6.45, 7) is 8.07. The normalized spacial score (nSPS) is 12.1. The molecule has 0 unspecified atom stereocenters. The molecule has 0 aliphatic rings. The Morgan fingerprint density at radius 3 is 2.93 bits per heavy atom. The smallest absolute Gasteiger partial charge is 0.272 e. The Kier molecular flexibility index (Phi) is 6.13. The summed E-state index contributed by atoms with van der Waals surface area (Å²) in [6.07, 6.45) is 1.66. The number of thiophene rings is 1. The molecule has 2 aromatic heterocycles. The highest BCUT2D eigenvalue weighted by Gasteiger charge is 2.15. The molecule has 0 bridgehead atoms. The second-order valence-corrected chi connectivity index (χ2v) is 8.03. The Balaban J connectivity index is 1.73. The second-order valence-electron chi connectivity index (χ2n) is 6.17. The van der Waals surface area contributed by atoms with Crippen molar-refractivity contribution < 1.29 is 4.79 Å². The number of carbonyl (C=O) groups excluding carboxylic acids is 1. The zero-order valence-corrected chi connectivity index (χ0v) is 16.9. The van der Waals surface area contributed by atoms with Crippen LogP contribution in [0.4, 0.5) is 0 Å². The summed E-state index contributed by atoms with van der Waals surface area (Å²) < 4.78 is 2.19. The molecule has 3 rings (SSSR count). The van der Waals surface area contributed by atoms with Gasteiger partial charge in [0, 0.05) is 6.54 Å². The van der Waals surface area contributed by atoms with Gasteiger partial charge in [0.15, 0.2) is 5.16 Å². The van der Waals surface area contributed by atoms with Gasteiger partial charge in [-0.05, 0) is 36.4 Å². The number of aromatic nitrogens is 2. The molecule has 1 atom stereocenters. The number of nitrogens with one attached hydrogen (secondary N) is 1. The average Bonchev–Trinajstić information content (AvgIpc) is 3.11. The largest absolute Gasteiger partial charge is 0.349 e. The number of fused-ring (bicyclic) bond motifs is 1. The van der Waals surface area contributed by atoms with Crippen LogP contribution in [0.3, 0.4) is 0 Å². The van der Waals surface area contributed by atoms with Crippen molar-refractivity contribution in [2.75, 3.05) is 5.75 Å². The van der Waals surface area contributed by atoms with Gasteiger partial charge in [-0.15, -0.1) is 17.9 Å². The molecule has 7 heteroatoms. The monoisotopic (exact) mass is 399 g/mol. The fraction of sp³-hybridized carbons (Fsp3) is 0.250. The molecular formula is C20H21N3O2S2. The van der Waals surface area contributed by atoms with E-state index in [1.807, 2.05) is 49.6 Å². The van der Waals surface area contributed by atoms with Crippen LogP contribution in [0.2, 0.25) is 0 Å². The first-order valence-corrected chi connectivity index (χ1v) is 10.4. The number of allylic oxidation sites excluding steroid dienone is 1. The summed E-state index contributed by atoms with van der Waals surface area (Å²) in [7, 11) is 0. The van der Waals surface area contributed by atoms with E-state index in [0.717, 1.165) is 11.1 Å². The number of thioether (sulfide) groups is 1. The predicted octanol–water partition coefficient (Wildman–Crippen LogP) is 3.92. The fourth-order valence-corrected chi connectivity index (χ4v) is 4.49. The van der Waals surface area contributed by atoms with Gasteiger partial charge in [-0.25, -0.2) is 4.98 Å². The van der Waals surface area contributed by atoms with Gasteiger partial charge in [0.1, 0.15) is 4.70 Å². The van der Waals surface area contributed by atoms with Crippen LogP contribution in [-0.4, -0.2) is 21.2 Å². The Morgan fingerprint density at radius 2 is 2.19 bits per heavy atom. The number of benzene rings is 1. The van der Waals surface area contributed by atoms with E-state index in [1.54, 1.807) is 10.6 Å². The van der Waals surface area contributed by atoms with Crippen LogP contribution in [0.5, 0.6) is 0 Å². The van der Waals surface area contributed by atoms with Crippen LogP contribution in [0.15, 0.2) is 58.3 Å². The van der Waals surface area contributed by atoms with Crippen molar-refractivity contribution in [3.05, 3.63) is 69.8 Å². The van der Waals surface area contributed by atoms with Crippen molar-refractivity contribution in [2.24, 2.45) is 0 Å². The highest BCUT2D eigenvalue weighted by atomic mass is 32.2. The van der Waals surface area contributed by atoms with Gasteiger partial charge in [0.05, 0.1) is 17.3 Å². The molecule has 0 aliphatic heterocycles. The van der Waals surface area contributed by atoms with Gasteiger partial charge in [-0.3, -0.25) is 14.2 Å². The number of amides is 1. The summed E-state index contributed by atoms with van der Waals surface area (Å²) in [6, 6.07) is 9.73. The molecule has 1 amide bonds. The number of aryl methyl sites for hydroxylation is 1. The Hall–Kier alpha value is -2.38.